The van der Waals surface area contributed by atoms with Gasteiger partial charge in [-0.1, -0.05) is 55.1 Å². The molecule has 124 valence electrons. The number of benzene rings is 3. The van der Waals surface area contributed by atoms with Gasteiger partial charge in [0.25, 0.3) is 0 Å². The normalized spacial score (nSPS) is 11.0. The Morgan fingerprint density at radius 2 is 1.68 bits per heavy atom. The molecule has 0 N–H and O–H groups in total. The number of hydrogen-bond acceptors (Lipinski definition) is 4. The van der Waals surface area contributed by atoms with Crippen LogP contribution in [0.4, 0.5) is 11.4 Å². The first kappa shape index (κ1) is 16.6. The fraction of sp³-hybridized carbons (Fsp3) is 0.0952. The predicted octanol–water partition coefficient (Wildman–Crippen LogP) is 6.05. The number of carbonyl (C=O) groups excluding carboxylic acids is 1. The van der Waals surface area contributed by atoms with Crippen LogP contribution in [-0.2, 0) is 4.79 Å². The first-order chi connectivity index (χ1) is 12.1. The quantitative estimate of drug-likeness (QED) is 0.253. The van der Waals surface area contributed by atoms with E-state index in [-0.39, 0.29) is 0 Å². The molecule has 3 rings (SSSR count). The number of esters is 1. The number of hydrogen-bond donors (Lipinski definition) is 0. The van der Waals surface area contributed by atoms with Gasteiger partial charge in [-0.2, -0.15) is 5.11 Å². The number of carbonyl (C=O) groups is 1. The summed E-state index contributed by atoms with van der Waals surface area (Å²) >= 11 is 0. The second kappa shape index (κ2) is 7.09. The summed E-state index contributed by atoms with van der Waals surface area (Å²) in [4.78, 5) is 11.9. The Kier molecular flexibility index (Phi) is 4.70. The molecule has 0 bridgehead atoms. The van der Waals surface area contributed by atoms with Crippen LogP contribution in [-0.4, -0.2) is 5.97 Å². The Labute approximate surface area is 146 Å². The summed E-state index contributed by atoms with van der Waals surface area (Å²) in [6.07, 6.45) is 0. The monoisotopic (exact) mass is 330 g/mol. The zero-order valence-electron chi connectivity index (χ0n) is 14.2. The van der Waals surface area contributed by atoms with Crippen LogP contribution in [0.1, 0.15) is 12.5 Å². The van der Waals surface area contributed by atoms with Gasteiger partial charge in [0.05, 0.1) is 5.69 Å². The topological polar surface area (TPSA) is 51.0 Å². The number of fused-ring (bicyclic) bond motifs is 1. The van der Waals surface area contributed by atoms with E-state index in [0.29, 0.717) is 17.0 Å². The molecule has 0 saturated heterocycles. The molecule has 0 aliphatic carbocycles. The molecule has 0 aromatic heterocycles. The molecule has 0 heterocycles. The second-order valence-corrected chi connectivity index (χ2v) is 5.79. The summed E-state index contributed by atoms with van der Waals surface area (Å²) in [5.41, 5.74) is 2.64. The van der Waals surface area contributed by atoms with Gasteiger partial charge >= 0.3 is 5.97 Å². The van der Waals surface area contributed by atoms with Crippen molar-refractivity contribution in [3.8, 4) is 5.75 Å². The van der Waals surface area contributed by atoms with E-state index in [9.17, 15) is 4.79 Å². The maximum atomic E-state index is 11.9. The van der Waals surface area contributed by atoms with Crippen LogP contribution in [0.25, 0.3) is 10.8 Å². The highest BCUT2D eigenvalue weighted by Crippen LogP contribution is 2.37. The van der Waals surface area contributed by atoms with Gasteiger partial charge in [0.15, 0.2) is 5.75 Å². The van der Waals surface area contributed by atoms with Gasteiger partial charge < -0.3 is 4.74 Å². The van der Waals surface area contributed by atoms with Gasteiger partial charge in [0, 0.05) is 11.0 Å². The van der Waals surface area contributed by atoms with Crippen molar-refractivity contribution in [2.24, 2.45) is 10.2 Å². The SMILES string of the molecule is C=C(C)C(=O)Oc1ccc2ccccc2c1N=Nc1ccccc1C. The summed E-state index contributed by atoms with van der Waals surface area (Å²) in [6.45, 7) is 7.20. The molecule has 0 radical (unpaired) electrons. The van der Waals surface area contributed by atoms with E-state index < -0.39 is 5.97 Å². The summed E-state index contributed by atoms with van der Waals surface area (Å²) in [6, 6.07) is 19.1. The lowest BCUT2D eigenvalue weighted by Gasteiger charge is -2.09. The molecule has 4 heteroatoms. The molecule has 0 unspecified atom stereocenters. The fourth-order valence-corrected chi connectivity index (χ4v) is 2.39. The molecule has 0 spiro atoms. The van der Waals surface area contributed by atoms with Gasteiger partial charge in [0.2, 0.25) is 0 Å². The van der Waals surface area contributed by atoms with E-state index in [4.69, 9.17) is 4.74 Å². The Hall–Kier alpha value is -3.27. The molecule has 0 saturated carbocycles. The van der Waals surface area contributed by atoms with E-state index in [0.717, 1.165) is 22.0 Å². The smallest absolute Gasteiger partial charge is 0.338 e. The van der Waals surface area contributed by atoms with Crippen LogP contribution in [0.3, 0.4) is 0 Å². The second-order valence-electron chi connectivity index (χ2n) is 5.79. The highest BCUT2D eigenvalue weighted by molar-refractivity contribution is 5.97. The van der Waals surface area contributed by atoms with Crippen molar-refractivity contribution >= 4 is 28.1 Å². The maximum Gasteiger partial charge on any atom is 0.338 e. The molecule has 3 aromatic carbocycles. The van der Waals surface area contributed by atoms with Crippen LogP contribution in [0.15, 0.2) is 83.0 Å². The lowest BCUT2D eigenvalue weighted by molar-refractivity contribution is -0.130. The summed E-state index contributed by atoms with van der Waals surface area (Å²) in [7, 11) is 0. The molecule has 0 fully saturated rings. The molecular weight excluding hydrogens is 312 g/mol. The van der Waals surface area contributed by atoms with Crippen molar-refractivity contribution in [1.82, 2.24) is 0 Å². The van der Waals surface area contributed by atoms with Gasteiger partial charge in [0.1, 0.15) is 5.69 Å². The summed E-state index contributed by atoms with van der Waals surface area (Å²) in [5.74, 6) is -0.119. The van der Waals surface area contributed by atoms with Crippen molar-refractivity contribution in [3.05, 3.63) is 78.4 Å². The van der Waals surface area contributed by atoms with Crippen molar-refractivity contribution in [2.45, 2.75) is 13.8 Å². The number of ether oxygens (including phenoxy) is 1. The molecule has 4 nitrogen and oxygen atoms in total. The first-order valence-electron chi connectivity index (χ1n) is 7.93. The van der Waals surface area contributed by atoms with Crippen molar-refractivity contribution < 1.29 is 9.53 Å². The largest absolute Gasteiger partial charge is 0.421 e. The van der Waals surface area contributed by atoms with E-state index in [1.807, 2.05) is 61.5 Å². The molecule has 0 amide bonds. The van der Waals surface area contributed by atoms with E-state index in [1.165, 1.54) is 0 Å². The van der Waals surface area contributed by atoms with Gasteiger partial charge in [-0.3, -0.25) is 0 Å². The molecular formula is C21H18N2O2. The third-order valence-corrected chi connectivity index (χ3v) is 3.79. The molecule has 25 heavy (non-hydrogen) atoms. The Morgan fingerprint density at radius 1 is 0.960 bits per heavy atom. The van der Waals surface area contributed by atoms with Crippen LogP contribution in [0.2, 0.25) is 0 Å². The molecule has 3 aromatic rings. The van der Waals surface area contributed by atoms with Gasteiger partial charge in [-0.15, -0.1) is 5.11 Å². The van der Waals surface area contributed by atoms with Crippen molar-refractivity contribution in [2.75, 3.05) is 0 Å². The molecule has 0 aliphatic rings. The van der Waals surface area contributed by atoms with E-state index >= 15 is 0 Å². The standard InChI is InChI=1S/C21H18N2O2/c1-14(2)21(24)25-19-13-12-16-9-5-6-10-17(16)20(19)23-22-18-11-7-4-8-15(18)3/h4-13H,1H2,2-3H3. The van der Waals surface area contributed by atoms with Crippen LogP contribution in [0, 0.1) is 6.92 Å². The minimum Gasteiger partial charge on any atom is -0.421 e. The van der Waals surface area contributed by atoms with Crippen LogP contribution < -0.4 is 4.74 Å². The highest BCUT2D eigenvalue weighted by atomic mass is 16.5. The van der Waals surface area contributed by atoms with E-state index in [2.05, 4.69) is 16.8 Å². The summed E-state index contributed by atoms with van der Waals surface area (Å²) < 4.78 is 5.44. The third kappa shape index (κ3) is 3.63. The Bertz CT molecular complexity index is 990. The maximum absolute atomic E-state index is 11.9. The number of azo groups is 1. The van der Waals surface area contributed by atoms with Crippen LogP contribution >= 0.6 is 0 Å². The lowest BCUT2D eigenvalue weighted by Crippen LogP contribution is -2.08. The number of aryl methyl sites for hydroxylation is 1. The van der Waals surface area contributed by atoms with Crippen molar-refractivity contribution in [1.29, 1.82) is 0 Å². The van der Waals surface area contributed by atoms with Crippen LogP contribution in [0.5, 0.6) is 5.75 Å². The van der Waals surface area contributed by atoms with E-state index in [1.54, 1.807) is 13.0 Å². The Morgan fingerprint density at radius 3 is 2.44 bits per heavy atom. The zero-order chi connectivity index (χ0) is 17.8. The van der Waals surface area contributed by atoms with Gasteiger partial charge in [-0.25, -0.2) is 4.79 Å². The first-order valence-corrected chi connectivity index (χ1v) is 7.93. The average molecular weight is 330 g/mol. The molecule has 0 aliphatic heterocycles. The number of nitrogens with zero attached hydrogens (tertiary/aromatic N) is 2. The highest BCUT2D eigenvalue weighted by Gasteiger charge is 2.13. The average Bonchev–Trinajstić information content (AvgIpc) is 2.61. The molecule has 0 atom stereocenters. The predicted molar refractivity (Wildman–Crippen MR) is 99.8 cm³/mol. The van der Waals surface area contributed by atoms with Gasteiger partial charge in [-0.05, 0) is 36.9 Å². The zero-order valence-corrected chi connectivity index (χ0v) is 14.2. The fourth-order valence-electron chi connectivity index (χ4n) is 2.39. The summed E-state index contributed by atoms with van der Waals surface area (Å²) in [5, 5.41) is 10.6. The minimum absolute atomic E-state index is 0.329. The van der Waals surface area contributed by atoms with Crippen molar-refractivity contribution in [3.63, 3.8) is 0 Å². The number of rotatable bonds is 4. The third-order valence-electron chi connectivity index (χ3n) is 3.79. The lowest BCUT2D eigenvalue weighted by atomic mass is 10.1. The Balaban J connectivity index is 2.11. The minimum atomic E-state index is -0.484.